The van der Waals surface area contributed by atoms with Crippen LogP contribution >= 0.6 is 23.7 Å². The van der Waals surface area contributed by atoms with E-state index >= 15 is 0 Å². The number of thiazole rings is 1. The summed E-state index contributed by atoms with van der Waals surface area (Å²) >= 11 is 1.67. The number of nitrogens with zero attached hydrogens (tertiary/aromatic N) is 1. The van der Waals surface area contributed by atoms with Gasteiger partial charge in [0.15, 0.2) is 0 Å². The van der Waals surface area contributed by atoms with Gasteiger partial charge in [0, 0.05) is 17.5 Å². The minimum absolute atomic E-state index is 0. The number of rotatable bonds is 2. The molecular formula is C11H13ClN2S. The second-order valence-electron chi connectivity index (χ2n) is 3.16. The van der Waals surface area contributed by atoms with Gasteiger partial charge in [0.2, 0.25) is 0 Å². The lowest BCUT2D eigenvalue weighted by molar-refractivity contribution is 1.07. The largest absolute Gasteiger partial charge is 0.326 e. The van der Waals surface area contributed by atoms with Gasteiger partial charge < -0.3 is 5.73 Å². The van der Waals surface area contributed by atoms with Gasteiger partial charge in [-0.3, -0.25) is 0 Å². The summed E-state index contributed by atoms with van der Waals surface area (Å²) in [4.78, 5) is 4.43. The maximum atomic E-state index is 5.58. The zero-order chi connectivity index (χ0) is 9.97. The monoisotopic (exact) mass is 240 g/mol. The van der Waals surface area contributed by atoms with E-state index in [-0.39, 0.29) is 12.4 Å². The van der Waals surface area contributed by atoms with E-state index in [1.54, 1.807) is 11.3 Å². The van der Waals surface area contributed by atoms with E-state index in [1.807, 2.05) is 19.1 Å². The van der Waals surface area contributed by atoms with Crippen LogP contribution in [0.1, 0.15) is 10.6 Å². The Bertz CT molecular complexity index is 440. The summed E-state index contributed by atoms with van der Waals surface area (Å²) in [5, 5.41) is 3.17. The Balaban J connectivity index is 0.00000112. The molecule has 80 valence electrons. The molecule has 0 unspecified atom stereocenters. The van der Waals surface area contributed by atoms with Crippen LogP contribution in [0.4, 0.5) is 0 Å². The highest BCUT2D eigenvalue weighted by Crippen LogP contribution is 2.22. The zero-order valence-corrected chi connectivity index (χ0v) is 10.1. The molecule has 1 aromatic heterocycles. The number of hydrogen-bond acceptors (Lipinski definition) is 3. The fourth-order valence-corrected chi connectivity index (χ4v) is 1.98. The van der Waals surface area contributed by atoms with Gasteiger partial charge in [-0.15, -0.1) is 23.7 Å². The van der Waals surface area contributed by atoms with Crippen molar-refractivity contribution in [2.45, 2.75) is 13.5 Å². The number of aryl methyl sites for hydroxylation is 1. The van der Waals surface area contributed by atoms with Gasteiger partial charge in [-0.05, 0) is 18.6 Å². The molecule has 0 atom stereocenters. The average molecular weight is 241 g/mol. The van der Waals surface area contributed by atoms with Gasteiger partial charge in [-0.1, -0.05) is 18.2 Å². The predicted octanol–water partition coefficient (Wildman–Crippen LogP) is 3.00. The lowest BCUT2D eigenvalue weighted by Crippen LogP contribution is -1.95. The van der Waals surface area contributed by atoms with Crippen molar-refractivity contribution in [1.82, 2.24) is 4.98 Å². The third-order valence-corrected chi connectivity index (χ3v) is 2.85. The van der Waals surface area contributed by atoms with Crippen LogP contribution in [-0.2, 0) is 6.54 Å². The molecule has 0 saturated heterocycles. The van der Waals surface area contributed by atoms with Gasteiger partial charge >= 0.3 is 0 Å². The molecule has 4 heteroatoms. The van der Waals surface area contributed by atoms with E-state index < -0.39 is 0 Å². The summed E-state index contributed by atoms with van der Waals surface area (Å²) in [6.07, 6.45) is 0. The molecule has 0 saturated carbocycles. The molecule has 2 nitrogen and oxygen atoms in total. The van der Waals surface area contributed by atoms with Crippen molar-refractivity contribution in [3.63, 3.8) is 0 Å². The summed E-state index contributed by atoms with van der Waals surface area (Å²) in [6, 6.07) is 8.21. The van der Waals surface area contributed by atoms with Crippen LogP contribution in [0.25, 0.3) is 11.3 Å². The molecule has 0 bridgehead atoms. The minimum Gasteiger partial charge on any atom is -0.326 e. The van der Waals surface area contributed by atoms with E-state index in [4.69, 9.17) is 5.73 Å². The van der Waals surface area contributed by atoms with E-state index in [9.17, 15) is 0 Å². The standard InChI is InChI=1S/C11H12N2S.ClH/c1-8-13-11(7-14-8)10-4-2-3-9(5-10)6-12;/h2-5,7H,6,12H2,1H3;1H. The Labute approximate surface area is 99.6 Å². The molecular weight excluding hydrogens is 228 g/mol. The second-order valence-corrected chi connectivity index (χ2v) is 4.22. The first kappa shape index (κ1) is 12.2. The van der Waals surface area contributed by atoms with Gasteiger partial charge in [0.25, 0.3) is 0 Å². The number of halogens is 1. The quantitative estimate of drug-likeness (QED) is 0.877. The molecule has 1 aromatic carbocycles. The molecule has 0 amide bonds. The van der Waals surface area contributed by atoms with Crippen molar-refractivity contribution in [1.29, 1.82) is 0 Å². The lowest BCUT2D eigenvalue weighted by atomic mass is 10.1. The highest BCUT2D eigenvalue weighted by molar-refractivity contribution is 7.09. The van der Waals surface area contributed by atoms with Gasteiger partial charge in [0.1, 0.15) is 0 Å². The molecule has 0 aliphatic rings. The Hall–Kier alpha value is -0.900. The van der Waals surface area contributed by atoms with Crippen LogP contribution in [0.3, 0.4) is 0 Å². The Morgan fingerprint density at radius 1 is 1.40 bits per heavy atom. The van der Waals surface area contributed by atoms with Crippen molar-refractivity contribution in [3.05, 3.63) is 40.2 Å². The highest BCUT2D eigenvalue weighted by atomic mass is 35.5. The molecule has 2 N–H and O–H groups in total. The van der Waals surface area contributed by atoms with Crippen molar-refractivity contribution in [2.75, 3.05) is 0 Å². The molecule has 0 aliphatic heterocycles. The first-order chi connectivity index (χ1) is 6.79. The summed E-state index contributed by atoms with van der Waals surface area (Å²) in [7, 11) is 0. The van der Waals surface area contributed by atoms with Crippen LogP contribution in [0.15, 0.2) is 29.6 Å². The Kier molecular flexibility index (Phi) is 4.27. The average Bonchev–Trinajstić information content (AvgIpc) is 2.65. The van der Waals surface area contributed by atoms with Crippen molar-refractivity contribution in [3.8, 4) is 11.3 Å². The second kappa shape index (κ2) is 5.26. The van der Waals surface area contributed by atoms with Crippen LogP contribution < -0.4 is 5.73 Å². The molecule has 15 heavy (non-hydrogen) atoms. The molecule has 0 fully saturated rings. The first-order valence-electron chi connectivity index (χ1n) is 4.51. The lowest BCUT2D eigenvalue weighted by Gasteiger charge is -1.99. The van der Waals surface area contributed by atoms with Crippen LogP contribution in [0, 0.1) is 6.92 Å². The molecule has 0 radical (unpaired) electrons. The normalized spacial score (nSPS) is 9.73. The third kappa shape index (κ3) is 2.78. The maximum absolute atomic E-state index is 5.58. The van der Waals surface area contributed by atoms with Crippen LogP contribution in [0.2, 0.25) is 0 Å². The van der Waals surface area contributed by atoms with E-state index in [0.29, 0.717) is 6.54 Å². The first-order valence-corrected chi connectivity index (χ1v) is 5.39. The number of nitrogens with two attached hydrogens (primary N) is 1. The maximum Gasteiger partial charge on any atom is 0.0901 e. The smallest absolute Gasteiger partial charge is 0.0901 e. The van der Waals surface area contributed by atoms with E-state index in [1.165, 1.54) is 0 Å². The van der Waals surface area contributed by atoms with E-state index in [0.717, 1.165) is 21.8 Å². The zero-order valence-electron chi connectivity index (χ0n) is 8.43. The van der Waals surface area contributed by atoms with E-state index in [2.05, 4.69) is 22.5 Å². The molecule has 2 aromatic rings. The van der Waals surface area contributed by atoms with Crippen LogP contribution in [-0.4, -0.2) is 4.98 Å². The van der Waals surface area contributed by atoms with Crippen LogP contribution in [0.5, 0.6) is 0 Å². The number of hydrogen-bond donors (Lipinski definition) is 1. The number of benzene rings is 1. The Morgan fingerprint density at radius 3 is 2.80 bits per heavy atom. The minimum atomic E-state index is 0. The van der Waals surface area contributed by atoms with Crippen molar-refractivity contribution >= 4 is 23.7 Å². The number of aromatic nitrogens is 1. The van der Waals surface area contributed by atoms with Gasteiger partial charge in [-0.2, -0.15) is 0 Å². The fraction of sp³-hybridized carbons (Fsp3) is 0.182. The SMILES string of the molecule is Cc1nc(-c2cccc(CN)c2)cs1.Cl. The summed E-state index contributed by atoms with van der Waals surface area (Å²) < 4.78 is 0. The molecule has 0 aliphatic carbocycles. The molecule has 0 spiro atoms. The molecule has 1 heterocycles. The highest BCUT2D eigenvalue weighted by Gasteiger charge is 2.01. The Morgan fingerprint density at radius 2 is 2.20 bits per heavy atom. The van der Waals surface area contributed by atoms with Crippen molar-refractivity contribution in [2.24, 2.45) is 5.73 Å². The van der Waals surface area contributed by atoms with Gasteiger partial charge in [-0.25, -0.2) is 4.98 Å². The van der Waals surface area contributed by atoms with Crippen molar-refractivity contribution < 1.29 is 0 Å². The predicted molar refractivity (Wildman–Crippen MR) is 67.4 cm³/mol. The third-order valence-electron chi connectivity index (χ3n) is 2.08. The van der Waals surface area contributed by atoms with Gasteiger partial charge in [0.05, 0.1) is 10.7 Å². The fourth-order valence-electron chi connectivity index (χ4n) is 1.35. The summed E-state index contributed by atoms with van der Waals surface area (Å²) in [5.74, 6) is 0. The molecule has 2 rings (SSSR count). The topological polar surface area (TPSA) is 38.9 Å². The summed E-state index contributed by atoms with van der Waals surface area (Å²) in [6.45, 7) is 2.60. The summed E-state index contributed by atoms with van der Waals surface area (Å²) in [5.41, 5.74) is 8.93.